The molecule has 3 saturated heterocycles. The number of hydrogen-bond acceptors (Lipinski definition) is 6. The number of aliphatic hydroxyl groups is 1. The molecule has 3 fully saturated rings. The van der Waals surface area contributed by atoms with Crippen LogP contribution in [0.1, 0.15) is 37.3 Å². The maximum absolute atomic E-state index is 14.1. The molecule has 0 aliphatic carbocycles. The van der Waals surface area contributed by atoms with Gasteiger partial charge in [0.05, 0.1) is 23.2 Å². The number of alkyl halides is 1. The molecule has 3 aliphatic heterocycles. The van der Waals surface area contributed by atoms with Crippen molar-refractivity contribution < 1.29 is 24.2 Å². The molecular formula is C30H36BrN3O5S. The van der Waals surface area contributed by atoms with Gasteiger partial charge in [0.2, 0.25) is 17.7 Å². The van der Waals surface area contributed by atoms with Gasteiger partial charge in [-0.2, -0.15) is 0 Å². The monoisotopic (exact) mass is 629 g/mol. The summed E-state index contributed by atoms with van der Waals surface area (Å²) in [4.78, 5) is 43.6. The van der Waals surface area contributed by atoms with E-state index in [4.69, 9.17) is 4.74 Å². The summed E-state index contributed by atoms with van der Waals surface area (Å²) >= 11 is 5.42. The number of aliphatic hydroxyl groups excluding tert-OH is 1. The van der Waals surface area contributed by atoms with E-state index in [9.17, 15) is 19.5 Å². The second-order valence-corrected chi connectivity index (χ2v) is 13.6. The van der Waals surface area contributed by atoms with Crippen LogP contribution in [0.2, 0.25) is 0 Å². The molecule has 2 aromatic rings. The fourth-order valence-corrected chi connectivity index (χ4v) is 10.1. The first-order valence-electron chi connectivity index (χ1n) is 13.8. The summed E-state index contributed by atoms with van der Waals surface area (Å²) in [6, 6.07) is 12.4. The molecule has 5 rings (SSSR count). The summed E-state index contributed by atoms with van der Waals surface area (Å²) in [5.74, 6) is -1.06. The molecule has 3 unspecified atom stereocenters. The van der Waals surface area contributed by atoms with Crippen molar-refractivity contribution in [1.82, 2.24) is 4.90 Å². The SMILES string of the molecule is CCOc1ccc(NC(=O)[C@H]2[C@@H]3SC4(CC3Br)C(C(=O)Nc3cc(C)ccc3C)N(CCCCO)C(=O)[C@H]24)cc1. The quantitative estimate of drug-likeness (QED) is 0.264. The molecule has 0 saturated carbocycles. The van der Waals surface area contributed by atoms with Gasteiger partial charge >= 0.3 is 0 Å². The van der Waals surface area contributed by atoms with Gasteiger partial charge in [0.1, 0.15) is 11.8 Å². The van der Waals surface area contributed by atoms with Crippen LogP contribution in [0, 0.1) is 25.7 Å². The number of benzene rings is 2. The zero-order chi connectivity index (χ0) is 28.6. The Balaban J connectivity index is 1.45. The zero-order valence-electron chi connectivity index (χ0n) is 23.0. The highest BCUT2D eigenvalue weighted by atomic mass is 79.9. The fraction of sp³-hybridized carbons (Fsp3) is 0.500. The number of anilines is 2. The van der Waals surface area contributed by atoms with Crippen LogP contribution in [0.15, 0.2) is 42.5 Å². The Morgan fingerprint density at radius 1 is 1.12 bits per heavy atom. The molecule has 3 amide bonds. The minimum absolute atomic E-state index is 0.00831. The Morgan fingerprint density at radius 3 is 2.58 bits per heavy atom. The van der Waals surface area contributed by atoms with Crippen LogP contribution < -0.4 is 15.4 Å². The van der Waals surface area contributed by atoms with E-state index in [0.717, 1.165) is 22.6 Å². The molecule has 2 aromatic carbocycles. The normalized spacial score (nSPS) is 28.5. The van der Waals surface area contributed by atoms with E-state index >= 15 is 0 Å². The molecule has 2 bridgehead atoms. The van der Waals surface area contributed by atoms with E-state index in [0.29, 0.717) is 38.1 Å². The number of thioether (sulfide) groups is 1. The summed E-state index contributed by atoms with van der Waals surface area (Å²) in [5.41, 5.74) is 3.33. The van der Waals surface area contributed by atoms with E-state index in [-0.39, 0.29) is 34.4 Å². The molecule has 40 heavy (non-hydrogen) atoms. The summed E-state index contributed by atoms with van der Waals surface area (Å²) in [6.07, 6.45) is 1.73. The van der Waals surface area contributed by atoms with Crippen LogP contribution >= 0.6 is 27.7 Å². The highest BCUT2D eigenvalue weighted by Gasteiger charge is 2.75. The fourth-order valence-electron chi connectivity index (χ4n) is 6.46. The lowest BCUT2D eigenvalue weighted by atomic mass is 9.70. The van der Waals surface area contributed by atoms with Crippen LogP contribution in [0.25, 0.3) is 0 Å². The topological polar surface area (TPSA) is 108 Å². The number of hydrogen-bond donors (Lipinski definition) is 3. The number of fused-ring (bicyclic) bond motifs is 1. The van der Waals surface area contributed by atoms with Gasteiger partial charge < -0.3 is 25.4 Å². The maximum Gasteiger partial charge on any atom is 0.248 e. The number of rotatable bonds is 10. The first kappa shape index (κ1) is 29.0. The van der Waals surface area contributed by atoms with Gasteiger partial charge in [0, 0.05) is 34.6 Å². The number of nitrogens with one attached hydrogen (secondary N) is 2. The van der Waals surface area contributed by atoms with Crippen molar-refractivity contribution in [2.75, 3.05) is 30.4 Å². The van der Waals surface area contributed by atoms with E-state index in [1.54, 1.807) is 40.9 Å². The van der Waals surface area contributed by atoms with Gasteiger partial charge in [-0.15, -0.1) is 11.8 Å². The molecule has 3 aliphatic rings. The standard InChI is InChI=1S/C30H36BrN3O5S/c1-4-39-20-11-9-19(10-12-20)32-27(36)23-24-29(38)34(13-5-6-14-35)26(30(24)16-21(31)25(23)40-30)28(37)33-22-15-17(2)7-8-18(22)3/h7-12,15,21,23-26,35H,4-6,13-14,16H2,1-3H3,(H,32,36)(H,33,37)/t21?,23-,24+,25-,26?,30?/m1/s1. The van der Waals surface area contributed by atoms with Gasteiger partial charge in [-0.3, -0.25) is 14.4 Å². The van der Waals surface area contributed by atoms with Crippen molar-refractivity contribution in [3.8, 4) is 5.75 Å². The predicted octanol–water partition coefficient (Wildman–Crippen LogP) is 4.52. The van der Waals surface area contributed by atoms with Crippen LogP contribution in [0.4, 0.5) is 11.4 Å². The summed E-state index contributed by atoms with van der Waals surface area (Å²) in [6.45, 7) is 6.76. The Bertz CT molecular complexity index is 1290. The number of unbranched alkanes of at least 4 members (excludes halogenated alkanes) is 1. The van der Waals surface area contributed by atoms with E-state index < -0.39 is 22.6 Å². The molecule has 8 nitrogen and oxygen atoms in total. The van der Waals surface area contributed by atoms with Crippen molar-refractivity contribution >= 4 is 56.8 Å². The number of nitrogens with zero attached hydrogens (tertiary/aromatic N) is 1. The van der Waals surface area contributed by atoms with E-state index in [1.807, 2.05) is 39.0 Å². The lowest BCUT2D eigenvalue weighted by molar-refractivity contribution is -0.138. The molecule has 3 N–H and O–H groups in total. The number of likely N-dealkylation sites (tertiary alicyclic amines) is 1. The van der Waals surface area contributed by atoms with E-state index in [2.05, 4.69) is 26.6 Å². The highest BCUT2D eigenvalue weighted by Crippen LogP contribution is 2.67. The third-order valence-corrected chi connectivity index (χ3v) is 11.5. The lowest BCUT2D eigenvalue weighted by Crippen LogP contribution is -2.52. The van der Waals surface area contributed by atoms with Crippen molar-refractivity contribution in [3.05, 3.63) is 53.6 Å². The number of halogens is 1. The van der Waals surface area contributed by atoms with Crippen LogP contribution in [-0.4, -0.2) is 68.4 Å². The summed E-state index contributed by atoms with van der Waals surface area (Å²) < 4.78 is 4.78. The Labute approximate surface area is 247 Å². The number of carbonyl (C=O) groups excluding carboxylic acids is 3. The first-order chi connectivity index (χ1) is 19.2. The van der Waals surface area contributed by atoms with Crippen LogP contribution in [-0.2, 0) is 14.4 Å². The smallest absolute Gasteiger partial charge is 0.248 e. The molecule has 214 valence electrons. The van der Waals surface area contributed by atoms with Gasteiger partial charge in [0.25, 0.3) is 0 Å². The molecule has 0 aromatic heterocycles. The third-order valence-electron chi connectivity index (χ3n) is 8.23. The van der Waals surface area contributed by atoms with Crippen molar-refractivity contribution in [3.63, 3.8) is 0 Å². The zero-order valence-corrected chi connectivity index (χ0v) is 25.4. The average Bonchev–Trinajstić information content (AvgIpc) is 3.51. The average molecular weight is 631 g/mol. The number of carbonyl (C=O) groups is 3. The van der Waals surface area contributed by atoms with Gasteiger partial charge in [-0.05, 0) is 81.5 Å². The van der Waals surface area contributed by atoms with Crippen LogP contribution in [0.3, 0.4) is 0 Å². The second-order valence-electron chi connectivity index (χ2n) is 10.9. The minimum Gasteiger partial charge on any atom is -0.494 e. The minimum atomic E-state index is -0.724. The molecule has 6 atom stereocenters. The van der Waals surface area contributed by atoms with Crippen LogP contribution in [0.5, 0.6) is 5.75 Å². The highest BCUT2D eigenvalue weighted by molar-refractivity contribution is 9.09. The van der Waals surface area contributed by atoms with Gasteiger partial charge in [-0.1, -0.05) is 28.1 Å². The molecule has 3 heterocycles. The molecular weight excluding hydrogens is 594 g/mol. The second kappa shape index (κ2) is 11.7. The largest absolute Gasteiger partial charge is 0.494 e. The van der Waals surface area contributed by atoms with Crippen molar-refractivity contribution in [2.45, 2.75) is 60.9 Å². The maximum atomic E-state index is 14.1. The van der Waals surface area contributed by atoms with Crippen molar-refractivity contribution in [1.29, 1.82) is 0 Å². The summed E-state index contributed by atoms with van der Waals surface area (Å²) in [5, 5.41) is 15.4. The van der Waals surface area contributed by atoms with Gasteiger partial charge in [0.15, 0.2) is 0 Å². The molecule has 1 spiro atoms. The number of ether oxygens (including phenoxy) is 1. The molecule has 0 radical (unpaired) electrons. The summed E-state index contributed by atoms with van der Waals surface area (Å²) in [7, 11) is 0. The van der Waals surface area contributed by atoms with E-state index in [1.165, 1.54) is 0 Å². The van der Waals surface area contributed by atoms with Crippen molar-refractivity contribution in [2.24, 2.45) is 11.8 Å². The predicted molar refractivity (Wildman–Crippen MR) is 161 cm³/mol. The number of aryl methyl sites for hydroxylation is 2. The third kappa shape index (κ3) is 5.14. The molecule has 10 heteroatoms. The Morgan fingerprint density at radius 2 is 1.88 bits per heavy atom. The number of amides is 3. The van der Waals surface area contributed by atoms with Gasteiger partial charge in [-0.25, -0.2) is 0 Å². The Kier molecular flexibility index (Phi) is 8.50. The first-order valence-corrected chi connectivity index (χ1v) is 15.6. The lowest BCUT2D eigenvalue weighted by Gasteiger charge is -2.35. The Hall–Kier alpha value is -2.56.